The molecule has 1 aliphatic rings. The Hall–Kier alpha value is -1.75. The summed E-state index contributed by atoms with van der Waals surface area (Å²) in [5.41, 5.74) is 2.12. The van der Waals surface area contributed by atoms with Gasteiger partial charge in [-0.1, -0.05) is 20.3 Å². The lowest BCUT2D eigenvalue weighted by Gasteiger charge is -2.34. The summed E-state index contributed by atoms with van der Waals surface area (Å²) in [7, 11) is 0. The van der Waals surface area contributed by atoms with E-state index in [4.69, 9.17) is 0 Å². The van der Waals surface area contributed by atoms with Crippen LogP contribution in [-0.2, 0) is 11.2 Å². The van der Waals surface area contributed by atoms with Crippen molar-refractivity contribution in [3.8, 4) is 5.75 Å². The molecule has 2 rings (SSSR count). The van der Waals surface area contributed by atoms with E-state index in [9.17, 15) is 15.1 Å². The van der Waals surface area contributed by atoms with Gasteiger partial charge in [0.05, 0.1) is 17.4 Å². The number of amides is 1. The van der Waals surface area contributed by atoms with Crippen LogP contribution in [0, 0.1) is 0 Å². The molecule has 1 aliphatic heterocycles. The average Bonchev–Trinajstić information content (AvgIpc) is 2.53. The van der Waals surface area contributed by atoms with Crippen molar-refractivity contribution in [3.05, 3.63) is 17.7 Å². The lowest BCUT2D eigenvalue weighted by molar-refractivity contribution is -0.118. The van der Waals surface area contributed by atoms with Crippen molar-refractivity contribution < 1.29 is 15.1 Å². The Morgan fingerprint density at radius 3 is 2.68 bits per heavy atom. The fraction of sp³-hybridized carbons (Fsp3) is 0.588. The van der Waals surface area contributed by atoms with Crippen LogP contribution in [0.15, 0.2) is 12.1 Å². The van der Waals surface area contributed by atoms with E-state index in [2.05, 4.69) is 6.92 Å². The molecule has 1 unspecified atom stereocenters. The van der Waals surface area contributed by atoms with Gasteiger partial charge in [-0.3, -0.25) is 15.1 Å². The summed E-state index contributed by atoms with van der Waals surface area (Å²) in [4.78, 5) is 13.9. The van der Waals surface area contributed by atoms with E-state index in [-0.39, 0.29) is 17.7 Å². The lowest BCUT2D eigenvalue weighted by Crippen LogP contribution is -2.37. The summed E-state index contributed by atoms with van der Waals surface area (Å²) in [6, 6.07) is 3.28. The monoisotopic (exact) mass is 306 g/mol. The van der Waals surface area contributed by atoms with Crippen LogP contribution in [-0.4, -0.2) is 28.8 Å². The third-order valence-electron chi connectivity index (χ3n) is 4.39. The van der Waals surface area contributed by atoms with Crippen LogP contribution in [0.25, 0.3) is 0 Å². The zero-order valence-electron chi connectivity index (χ0n) is 13.7. The number of aromatic hydroxyl groups is 1. The zero-order valence-corrected chi connectivity index (χ0v) is 13.7. The Morgan fingerprint density at radius 1 is 1.32 bits per heavy atom. The van der Waals surface area contributed by atoms with E-state index >= 15 is 0 Å². The first-order chi connectivity index (χ1) is 10.5. The van der Waals surface area contributed by atoms with Gasteiger partial charge in [0.15, 0.2) is 0 Å². The molecule has 0 saturated carbocycles. The highest BCUT2D eigenvalue weighted by Crippen LogP contribution is 2.42. The molecule has 5 nitrogen and oxygen atoms in total. The maximum Gasteiger partial charge on any atom is 0.227 e. The number of fused-ring (bicyclic) bond motifs is 1. The van der Waals surface area contributed by atoms with Crippen molar-refractivity contribution in [2.75, 3.05) is 16.5 Å². The number of hydrogen-bond donors (Lipinski definition) is 2. The minimum atomic E-state index is -0.0182. The van der Waals surface area contributed by atoms with Gasteiger partial charge >= 0.3 is 0 Å². The minimum Gasteiger partial charge on any atom is -0.506 e. The van der Waals surface area contributed by atoms with E-state index in [0.717, 1.165) is 24.8 Å². The topological polar surface area (TPSA) is 64.0 Å². The van der Waals surface area contributed by atoms with Gasteiger partial charge in [-0.2, -0.15) is 0 Å². The Bertz CT molecular complexity index is 545. The predicted molar refractivity (Wildman–Crippen MR) is 87.7 cm³/mol. The molecule has 22 heavy (non-hydrogen) atoms. The van der Waals surface area contributed by atoms with Crippen molar-refractivity contribution in [3.63, 3.8) is 0 Å². The van der Waals surface area contributed by atoms with Crippen LogP contribution in [0.5, 0.6) is 5.75 Å². The van der Waals surface area contributed by atoms with Gasteiger partial charge in [-0.25, -0.2) is 0 Å². The number of phenolic OH excluding ortho intramolecular Hbond substituents is 1. The van der Waals surface area contributed by atoms with E-state index in [1.807, 2.05) is 13.8 Å². The van der Waals surface area contributed by atoms with E-state index in [0.29, 0.717) is 30.8 Å². The summed E-state index contributed by atoms with van der Waals surface area (Å²) < 4.78 is 0. The first kappa shape index (κ1) is 16.6. The maximum absolute atomic E-state index is 12.2. The molecule has 0 fully saturated rings. The summed E-state index contributed by atoms with van der Waals surface area (Å²) in [5.74, 6) is 0.155. The van der Waals surface area contributed by atoms with Crippen LogP contribution < -0.4 is 9.96 Å². The Kier molecular flexibility index (Phi) is 5.29. The quantitative estimate of drug-likeness (QED) is 0.790. The molecule has 1 heterocycles. The number of benzene rings is 1. The number of rotatable bonds is 6. The molecule has 0 aliphatic carbocycles. The number of carbonyl (C=O) groups excluding carboxylic acids is 1. The normalized spacial score (nSPS) is 15.6. The summed E-state index contributed by atoms with van der Waals surface area (Å²) in [6.45, 7) is 6.64. The van der Waals surface area contributed by atoms with E-state index in [1.165, 1.54) is 5.06 Å². The SMILES string of the molecule is CCCCN1C(=O)CCc2c(N(O)C(C)CC)ccc(O)c21. The van der Waals surface area contributed by atoms with E-state index < -0.39 is 0 Å². The number of unbranched alkanes of at least 4 members (excludes halogenated alkanes) is 1. The van der Waals surface area contributed by atoms with Crippen molar-refractivity contribution >= 4 is 17.3 Å². The summed E-state index contributed by atoms with van der Waals surface area (Å²) in [6.07, 6.45) is 3.65. The molecular formula is C17H26N2O3. The van der Waals surface area contributed by atoms with Gasteiger partial charge < -0.3 is 10.0 Å². The third kappa shape index (κ3) is 3.04. The van der Waals surface area contributed by atoms with Crippen LogP contribution in [0.2, 0.25) is 0 Å². The second kappa shape index (κ2) is 7.01. The van der Waals surface area contributed by atoms with Crippen LogP contribution >= 0.6 is 0 Å². The molecule has 1 aromatic carbocycles. The van der Waals surface area contributed by atoms with Crippen LogP contribution in [0.1, 0.15) is 52.0 Å². The van der Waals surface area contributed by atoms with Gasteiger partial charge in [0.25, 0.3) is 0 Å². The van der Waals surface area contributed by atoms with Gasteiger partial charge in [0, 0.05) is 18.5 Å². The predicted octanol–water partition coefficient (Wildman–Crippen LogP) is 3.47. The molecule has 1 amide bonds. The number of hydrogen-bond acceptors (Lipinski definition) is 4. The van der Waals surface area contributed by atoms with Gasteiger partial charge in [-0.05, 0) is 38.3 Å². The second-order valence-electron chi connectivity index (χ2n) is 5.93. The smallest absolute Gasteiger partial charge is 0.227 e. The van der Waals surface area contributed by atoms with Gasteiger partial charge in [-0.15, -0.1) is 0 Å². The standard InChI is InChI=1S/C17H26N2O3/c1-4-6-11-18-16(21)10-7-13-14(19(22)12(3)5-2)8-9-15(20)17(13)18/h8-9,12,20,22H,4-7,10-11H2,1-3H3. The first-order valence-electron chi connectivity index (χ1n) is 8.14. The van der Waals surface area contributed by atoms with Crippen LogP contribution in [0.4, 0.5) is 11.4 Å². The molecule has 0 spiro atoms. The molecule has 0 bridgehead atoms. The number of nitrogens with zero attached hydrogens (tertiary/aromatic N) is 2. The molecule has 0 saturated heterocycles. The molecule has 0 aromatic heterocycles. The Labute approximate surface area is 132 Å². The number of phenols is 1. The largest absolute Gasteiger partial charge is 0.506 e. The summed E-state index contributed by atoms with van der Waals surface area (Å²) >= 11 is 0. The zero-order chi connectivity index (χ0) is 16.3. The minimum absolute atomic E-state index is 0.0182. The summed E-state index contributed by atoms with van der Waals surface area (Å²) in [5, 5.41) is 21.9. The van der Waals surface area contributed by atoms with Crippen LogP contribution in [0.3, 0.4) is 0 Å². The number of hydroxylamine groups is 1. The first-order valence-corrected chi connectivity index (χ1v) is 8.14. The molecule has 1 aromatic rings. The molecule has 1 atom stereocenters. The highest BCUT2D eigenvalue weighted by molar-refractivity contribution is 5.99. The molecular weight excluding hydrogens is 280 g/mol. The average molecular weight is 306 g/mol. The van der Waals surface area contributed by atoms with Crippen molar-refractivity contribution in [1.29, 1.82) is 0 Å². The molecule has 0 radical (unpaired) electrons. The van der Waals surface area contributed by atoms with E-state index in [1.54, 1.807) is 17.0 Å². The van der Waals surface area contributed by atoms with Crippen molar-refractivity contribution in [2.45, 2.75) is 58.9 Å². The van der Waals surface area contributed by atoms with Crippen molar-refractivity contribution in [2.24, 2.45) is 0 Å². The maximum atomic E-state index is 12.2. The molecule has 122 valence electrons. The van der Waals surface area contributed by atoms with Crippen molar-refractivity contribution in [1.82, 2.24) is 0 Å². The van der Waals surface area contributed by atoms with Gasteiger partial charge in [0.1, 0.15) is 5.75 Å². The van der Waals surface area contributed by atoms with Gasteiger partial charge in [0.2, 0.25) is 5.91 Å². The Balaban J connectivity index is 2.46. The lowest BCUT2D eigenvalue weighted by atomic mass is 9.97. The Morgan fingerprint density at radius 2 is 2.05 bits per heavy atom. The fourth-order valence-corrected chi connectivity index (χ4v) is 2.83. The highest BCUT2D eigenvalue weighted by Gasteiger charge is 2.30. The fourth-order valence-electron chi connectivity index (χ4n) is 2.83. The molecule has 2 N–H and O–H groups in total. The number of carbonyl (C=O) groups is 1. The number of anilines is 2. The highest BCUT2D eigenvalue weighted by atomic mass is 16.5. The third-order valence-corrected chi connectivity index (χ3v) is 4.39. The second-order valence-corrected chi connectivity index (χ2v) is 5.93. The molecule has 5 heteroatoms.